The van der Waals surface area contributed by atoms with Crippen LogP contribution < -0.4 is 0 Å². The van der Waals surface area contributed by atoms with Crippen LogP contribution in [0.3, 0.4) is 0 Å². The molecule has 0 N–H and O–H groups in total. The number of hydrogen-bond acceptors (Lipinski definition) is 4. The second-order valence-electron chi connectivity index (χ2n) is 7.87. The number of piperidine rings is 1. The van der Waals surface area contributed by atoms with Crippen LogP contribution in [0, 0.1) is 5.92 Å². The Morgan fingerprint density at radius 3 is 2.65 bits per heavy atom. The molecule has 1 aliphatic heterocycles. The van der Waals surface area contributed by atoms with Crippen LogP contribution in [0.15, 0.2) is 4.52 Å². The molecule has 1 saturated heterocycles. The molecule has 2 heterocycles. The maximum Gasteiger partial charge on any atom is 0.276 e. The molecule has 1 aromatic rings. The minimum atomic E-state index is 0.0128. The van der Waals surface area contributed by atoms with Crippen LogP contribution in [0.25, 0.3) is 0 Å². The molecule has 0 bridgehead atoms. The molecule has 6 nitrogen and oxygen atoms in total. The number of fused-ring (bicyclic) bond motifs is 1. The molecule has 26 heavy (non-hydrogen) atoms. The Labute approximate surface area is 155 Å². The van der Waals surface area contributed by atoms with Gasteiger partial charge < -0.3 is 14.3 Å². The third kappa shape index (κ3) is 3.94. The van der Waals surface area contributed by atoms with E-state index in [9.17, 15) is 9.59 Å². The van der Waals surface area contributed by atoms with Crippen LogP contribution in [0.2, 0.25) is 0 Å². The zero-order valence-corrected chi connectivity index (χ0v) is 16.3. The number of aryl methyl sites for hydroxylation is 1. The number of aromatic nitrogens is 1. The molecule has 0 saturated carbocycles. The number of hydrogen-bond donors (Lipinski definition) is 0. The van der Waals surface area contributed by atoms with Gasteiger partial charge in [-0.1, -0.05) is 25.4 Å². The summed E-state index contributed by atoms with van der Waals surface area (Å²) in [6, 6.07) is 0.179. The molecule has 1 fully saturated rings. The molecule has 1 atom stereocenters. The molecule has 0 spiro atoms. The van der Waals surface area contributed by atoms with E-state index in [4.69, 9.17) is 4.52 Å². The van der Waals surface area contributed by atoms with E-state index in [0.717, 1.165) is 75.9 Å². The van der Waals surface area contributed by atoms with Crippen LogP contribution in [0.4, 0.5) is 0 Å². The van der Waals surface area contributed by atoms with Crippen molar-refractivity contribution in [3.63, 3.8) is 0 Å². The second-order valence-corrected chi connectivity index (χ2v) is 7.87. The first-order valence-electron chi connectivity index (χ1n) is 10.0. The SMILES string of the molecule is CCCCN(C(=O)c1noc2c1CC(C)CC2)C1CCN(C(C)=O)CC1. The summed E-state index contributed by atoms with van der Waals surface area (Å²) in [7, 11) is 0. The Morgan fingerprint density at radius 1 is 1.27 bits per heavy atom. The van der Waals surface area contributed by atoms with Crippen molar-refractivity contribution in [3.05, 3.63) is 17.0 Å². The molecule has 1 aliphatic carbocycles. The normalized spacial score (nSPS) is 20.7. The minimum absolute atomic E-state index is 0.0128. The minimum Gasteiger partial charge on any atom is -0.360 e. The zero-order chi connectivity index (χ0) is 18.7. The van der Waals surface area contributed by atoms with Gasteiger partial charge in [0.15, 0.2) is 5.69 Å². The van der Waals surface area contributed by atoms with Gasteiger partial charge in [0.1, 0.15) is 5.76 Å². The van der Waals surface area contributed by atoms with Gasteiger partial charge in [0.2, 0.25) is 5.91 Å². The van der Waals surface area contributed by atoms with Gasteiger partial charge in [-0.25, -0.2) is 0 Å². The number of carbonyl (C=O) groups excluding carboxylic acids is 2. The van der Waals surface area contributed by atoms with Crippen LogP contribution in [0.1, 0.15) is 74.7 Å². The molecule has 2 amide bonds. The van der Waals surface area contributed by atoms with Crippen molar-refractivity contribution in [2.45, 2.75) is 71.8 Å². The van der Waals surface area contributed by atoms with E-state index in [1.54, 1.807) is 6.92 Å². The summed E-state index contributed by atoms with van der Waals surface area (Å²) in [5.74, 6) is 1.60. The van der Waals surface area contributed by atoms with Gasteiger partial charge in [-0.15, -0.1) is 0 Å². The molecule has 3 rings (SSSR count). The summed E-state index contributed by atoms with van der Waals surface area (Å²) in [6.07, 6.45) is 6.56. The fourth-order valence-corrected chi connectivity index (χ4v) is 4.15. The highest BCUT2D eigenvalue weighted by Gasteiger charge is 2.34. The molecule has 6 heteroatoms. The number of likely N-dealkylation sites (tertiary alicyclic amines) is 1. The molecule has 2 aliphatic rings. The van der Waals surface area contributed by atoms with E-state index in [1.807, 2.05) is 9.80 Å². The molecular weight excluding hydrogens is 330 g/mol. The van der Waals surface area contributed by atoms with Crippen molar-refractivity contribution in [1.29, 1.82) is 0 Å². The highest BCUT2D eigenvalue weighted by Crippen LogP contribution is 2.29. The summed E-state index contributed by atoms with van der Waals surface area (Å²) in [4.78, 5) is 28.8. The Balaban J connectivity index is 1.77. The Hall–Kier alpha value is -1.85. The van der Waals surface area contributed by atoms with Gasteiger partial charge in [0.05, 0.1) is 0 Å². The topological polar surface area (TPSA) is 66.7 Å². The largest absolute Gasteiger partial charge is 0.360 e. The van der Waals surface area contributed by atoms with Crippen LogP contribution in [-0.2, 0) is 17.6 Å². The van der Waals surface area contributed by atoms with E-state index < -0.39 is 0 Å². The fraction of sp³-hybridized carbons (Fsp3) is 0.750. The van der Waals surface area contributed by atoms with E-state index in [0.29, 0.717) is 11.6 Å². The number of rotatable bonds is 5. The van der Waals surface area contributed by atoms with Crippen LogP contribution in [-0.4, -0.2) is 52.4 Å². The smallest absolute Gasteiger partial charge is 0.276 e. The lowest BCUT2D eigenvalue weighted by Gasteiger charge is -2.38. The predicted molar refractivity (Wildman–Crippen MR) is 98.9 cm³/mol. The standard InChI is InChI=1S/C20H31N3O3/c1-4-5-10-23(16-8-11-22(12-9-16)15(3)24)20(25)19-17-13-14(2)6-7-18(17)26-21-19/h14,16H,4-13H2,1-3H3. The summed E-state index contributed by atoms with van der Waals surface area (Å²) in [5.41, 5.74) is 1.55. The van der Waals surface area contributed by atoms with Gasteiger partial charge in [0.25, 0.3) is 5.91 Å². The molecule has 144 valence electrons. The first-order chi connectivity index (χ1) is 12.5. The first-order valence-corrected chi connectivity index (χ1v) is 10.0. The quantitative estimate of drug-likeness (QED) is 0.808. The first kappa shape index (κ1) is 18.9. The maximum atomic E-state index is 13.3. The maximum absolute atomic E-state index is 13.3. The summed E-state index contributed by atoms with van der Waals surface area (Å²) in [6.45, 7) is 8.17. The van der Waals surface area contributed by atoms with E-state index in [-0.39, 0.29) is 17.9 Å². The molecule has 0 aromatic carbocycles. The van der Waals surface area contributed by atoms with Crippen molar-refractivity contribution in [3.8, 4) is 0 Å². The number of nitrogens with zero attached hydrogens (tertiary/aromatic N) is 3. The second kappa shape index (κ2) is 8.23. The van der Waals surface area contributed by atoms with Gasteiger partial charge in [-0.05, 0) is 38.0 Å². The van der Waals surface area contributed by atoms with Crippen molar-refractivity contribution < 1.29 is 14.1 Å². The predicted octanol–water partition coefficient (Wildman–Crippen LogP) is 3.05. The van der Waals surface area contributed by atoms with Crippen molar-refractivity contribution in [2.75, 3.05) is 19.6 Å². The molecule has 0 radical (unpaired) electrons. The lowest BCUT2D eigenvalue weighted by Crippen LogP contribution is -2.49. The van der Waals surface area contributed by atoms with Gasteiger partial charge in [-0.2, -0.15) is 0 Å². The zero-order valence-electron chi connectivity index (χ0n) is 16.3. The van der Waals surface area contributed by atoms with Crippen molar-refractivity contribution in [2.24, 2.45) is 5.92 Å². The summed E-state index contributed by atoms with van der Waals surface area (Å²) >= 11 is 0. The lowest BCUT2D eigenvalue weighted by molar-refractivity contribution is -0.130. The summed E-state index contributed by atoms with van der Waals surface area (Å²) in [5, 5.41) is 4.17. The third-order valence-electron chi connectivity index (χ3n) is 5.85. The van der Waals surface area contributed by atoms with E-state index >= 15 is 0 Å². The van der Waals surface area contributed by atoms with E-state index in [1.165, 1.54) is 0 Å². The highest BCUT2D eigenvalue weighted by atomic mass is 16.5. The summed E-state index contributed by atoms with van der Waals surface area (Å²) < 4.78 is 5.50. The van der Waals surface area contributed by atoms with Crippen LogP contribution >= 0.6 is 0 Å². The van der Waals surface area contributed by atoms with Crippen molar-refractivity contribution >= 4 is 11.8 Å². The third-order valence-corrected chi connectivity index (χ3v) is 5.85. The molecule has 1 unspecified atom stereocenters. The fourth-order valence-electron chi connectivity index (χ4n) is 4.15. The van der Waals surface area contributed by atoms with E-state index in [2.05, 4.69) is 19.0 Å². The van der Waals surface area contributed by atoms with Gasteiger partial charge >= 0.3 is 0 Å². The van der Waals surface area contributed by atoms with Gasteiger partial charge in [-0.3, -0.25) is 9.59 Å². The average Bonchev–Trinajstić information content (AvgIpc) is 3.05. The molecule has 1 aromatic heterocycles. The highest BCUT2D eigenvalue weighted by molar-refractivity contribution is 5.94. The Morgan fingerprint density at radius 2 is 2.00 bits per heavy atom. The Bertz CT molecular complexity index is 647. The Kier molecular flexibility index (Phi) is 5.99. The monoisotopic (exact) mass is 361 g/mol. The van der Waals surface area contributed by atoms with Crippen molar-refractivity contribution in [1.82, 2.24) is 15.0 Å². The number of unbranched alkanes of at least 4 members (excludes halogenated alkanes) is 1. The number of carbonyl (C=O) groups is 2. The number of amides is 2. The average molecular weight is 361 g/mol. The molecular formula is C20H31N3O3. The van der Waals surface area contributed by atoms with Gasteiger partial charge in [0, 0.05) is 44.6 Å². The lowest BCUT2D eigenvalue weighted by atomic mass is 9.88. The van der Waals surface area contributed by atoms with Crippen LogP contribution in [0.5, 0.6) is 0 Å².